The number of amides is 2. The van der Waals surface area contributed by atoms with Crippen molar-refractivity contribution in [2.45, 2.75) is 102 Å². The molecule has 236 valence electrons. The largest absolute Gasteiger partial charge is 0.462 e. The van der Waals surface area contributed by atoms with Crippen molar-refractivity contribution in [2.24, 2.45) is 11.8 Å². The molecular weight excluding hydrogens is 558 g/mol. The first-order valence-corrected chi connectivity index (χ1v) is 17.4. The van der Waals surface area contributed by atoms with Gasteiger partial charge in [-0.1, -0.05) is 145 Å². The van der Waals surface area contributed by atoms with E-state index in [1.165, 1.54) is 69.1 Å². The Bertz CT molecular complexity index is 1400. The van der Waals surface area contributed by atoms with Gasteiger partial charge in [0.15, 0.2) is 0 Å². The lowest BCUT2D eigenvalue weighted by Crippen LogP contribution is -2.41. The van der Waals surface area contributed by atoms with Gasteiger partial charge in [-0.15, -0.1) is 0 Å². The van der Waals surface area contributed by atoms with Crippen molar-refractivity contribution in [3.63, 3.8) is 0 Å². The summed E-state index contributed by atoms with van der Waals surface area (Å²) in [5.41, 5.74) is 5.15. The number of benzene rings is 3. The molecule has 0 aromatic heterocycles. The Hall–Kier alpha value is -3.73. The number of esters is 1. The first-order chi connectivity index (χ1) is 22.1. The van der Waals surface area contributed by atoms with Crippen molar-refractivity contribution >= 4 is 23.5 Å². The molecule has 3 aromatic rings. The molecule has 1 saturated heterocycles. The summed E-state index contributed by atoms with van der Waals surface area (Å²) in [7, 11) is 0. The number of rotatable bonds is 16. The van der Waals surface area contributed by atoms with Crippen LogP contribution in [0.2, 0.25) is 0 Å². The number of hydrogen-bond donors (Lipinski definition) is 0. The molecule has 0 saturated carbocycles. The van der Waals surface area contributed by atoms with Crippen molar-refractivity contribution in [3.05, 3.63) is 101 Å². The van der Waals surface area contributed by atoms with Crippen molar-refractivity contribution in [1.29, 1.82) is 0 Å². The molecule has 4 aliphatic rings. The summed E-state index contributed by atoms with van der Waals surface area (Å²) in [6.07, 6.45) is 16.3. The van der Waals surface area contributed by atoms with Crippen LogP contribution in [0.5, 0.6) is 0 Å². The normalized spacial score (nSPS) is 21.0. The SMILES string of the molecule is CCCCCCCCCCCCCCCOC(=O)c1ccccc1N1C(=O)[C@H]2C3c4ccccc4C(c4ccccc43)[C@@H]2C1=O. The Balaban J connectivity index is 1.04. The molecule has 2 bridgehead atoms. The van der Waals surface area contributed by atoms with Gasteiger partial charge in [0.25, 0.3) is 0 Å². The number of ether oxygens (including phenoxy) is 1. The first kappa shape index (κ1) is 31.3. The molecular formula is C40H47NO4. The van der Waals surface area contributed by atoms with Gasteiger partial charge >= 0.3 is 5.97 Å². The maximum atomic E-state index is 14.2. The second-order valence-electron chi connectivity index (χ2n) is 13.2. The fraction of sp³-hybridized carbons (Fsp3) is 0.475. The zero-order valence-corrected chi connectivity index (χ0v) is 26.7. The predicted molar refractivity (Wildman–Crippen MR) is 178 cm³/mol. The van der Waals surface area contributed by atoms with Gasteiger partial charge < -0.3 is 4.74 Å². The second-order valence-corrected chi connectivity index (χ2v) is 13.2. The van der Waals surface area contributed by atoms with Crippen molar-refractivity contribution in [2.75, 3.05) is 11.5 Å². The van der Waals surface area contributed by atoms with Crippen LogP contribution >= 0.6 is 0 Å². The minimum Gasteiger partial charge on any atom is -0.462 e. The Morgan fingerprint density at radius 3 is 1.44 bits per heavy atom. The maximum absolute atomic E-state index is 14.2. The van der Waals surface area contributed by atoms with E-state index in [0.29, 0.717) is 12.3 Å². The fourth-order valence-corrected chi connectivity index (χ4v) is 8.12. The van der Waals surface area contributed by atoms with Gasteiger partial charge in [0.1, 0.15) is 0 Å². The average molecular weight is 606 g/mol. The van der Waals surface area contributed by atoms with Crippen LogP contribution in [0.4, 0.5) is 5.69 Å². The molecule has 5 nitrogen and oxygen atoms in total. The average Bonchev–Trinajstić information content (AvgIpc) is 3.34. The number of nitrogens with zero attached hydrogens (tertiary/aromatic N) is 1. The minimum atomic E-state index is -0.484. The highest BCUT2D eigenvalue weighted by atomic mass is 16.5. The van der Waals surface area contributed by atoms with Crippen LogP contribution in [-0.4, -0.2) is 24.4 Å². The van der Waals surface area contributed by atoms with E-state index >= 15 is 0 Å². The fourth-order valence-electron chi connectivity index (χ4n) is 8.12. The number of imide groups is 1. The summed E-state index contributed by atoms with van der Waals surface area (Å²) in [6.45, 7) is 2.60. The van der Waals surface area contributed by atoms with E-state index in [1.807, 2.05) is 24.3 Å². The van der Waals surface area contributed by atoms with E-state index in [4.69, 9.17) is 4.74 Å². The molecule has 0 spiro atoms. The highest BCUT2D eigenvalue weighted by Crippen LogP contribution is 2.61. The Morgan fingerprint density at radius 1 is 0.578 bits per heavy atom. The number of carbonyl (C=O) groups excluding carboxylic acids is 3. The van der Waals surface area contributed by atoms with E-state index in [9.17, 15) is 14.4 Å². The maximum Gasteiger partial charge on any atom is 0.340 e. The molecule has 2 amide bonds. The lowest BCUT2D eigenvalue weighted by atomic mass is 9.55. The summed E-state index contributed by atoms with van der Waals surface area (Å²) in [4.78, 5) is 43.0. The highest BCUT2D eigenvalue weighted by Gasteiger charge is 2.62. The molecule has 5 heteroatoms. The smallest absolute Gasteiger partial charge is 0.340 e. The summed E-state index contributed by atoms with van der Waals surface area (Å²) in [5.74, 6) is -2.24. The number of unbranched alkanes of at least 4 members (excludes halogenated alkanes) is 12. The van der Waals surface area contributed by atoms with Crippen molar-refractivity contribution < 1.29 is 19.1 Å². The quantitative estimate of drug-likeness (QED) is 0.0927. The monoisotopic (exact) mass is 605 g/mol. The van der Waals surface area contributed by atoms with Gasteiger partial charge in [-0.05, 0) is 40.8 Å². The van der Waals surface area contributed by atoms with Crippen LogP contribution in [-0.2, 0) is 14.3 Å². The number of anilines is 1. The molecule has 7 rings (SSSR count). The van der Waals surface area contributed by atoms with E-state index < -0.39 is 17.8 Å². The topological polar surface area (TPSA) is 63.7 Å². The summed E-state index contributed by atoms with van der Waals surface area (Å²) in [5, 5.41) is 0. The molecule has 3 aliphatic carbocycles. The molecule has 3 aromatic carbocycles. The lowest BCUT2D eigenvalue weighted by Gasteiger charge is -2.45. The summed E-state index contributed by atoms with van der Waals surface area (Å²) < 4.78 is 5.69. The van der Waals surface area contributed by atoms with E-state index in [1.54, 1.807) is 24.3 Å². The number of hydrogen-bond acceptors (Lipinski definition) is 4. The molecule has 1 heterocycles. The molecule has 45 heavy (non-hydrogen) atoms. The van der Waals surface area contributed by atoms with Gasteiger partial charge in [-0.25, -0.2) is 9.69 Å². The second kappa shape index (κ2) is 14.6. The van der Waals surface area contributed by atoms with Crippen LogP contribution in [0.25, 0.3) is 0 Å². The van der Waals surface area contributed by atoms with Crippen LogP contribution < -0.4 is 4.90 Å². The van der Waals surface area contributed by atoms with Gasteiger partial charge in [-0.3, -0.25) is 9.59 Å². The van der Waals surface area contributed by atoms with E-state index in [-0.39, 0.29) is 29.2 Å². The molecule has 2 atom stereocenters. The van der Waals surface area contributed by atoms with E-state index in [0.717, 1.165) is 41.5 Å². The minimum absolute atomic E-state index is 0.177. The molecule has 0 radical (unpaired) electrons. The molecule has 0 N–H and O–H groups in total. The zero-order valence-electron chi connectivity index (χ0n) is 26.7. The van der Waals surface area contributed by atoms with Crippen molar-refractivity contribution in [1.82, 2.24) is 0 Å². The van der Waals surface area contributed by atoms with E-state index in [2.05, 4.69) is 31.2 Å². The van der Waals surface area contributed by atoms with Gasteiger partial charge in [0, 0.05) is 11.8 Å². The van der Waals surface area contributed by atoms with Gasteiger partial charge in [0.05, 0.1) is 29.7 Å². The molecule has 0 unspecified atom stereocenters. The molecule has 1 aliphatic heterocycles. The highest BCUT2D eigenvalue weighted by molar-refractivity contribution is 6.25. The van der Waals surface area contributed by atoms with Crippen LogP contribution in [0.3, 0.4) is 0 Å². The van der Waals surface area contributed by atoms with Gasteiger partial charge in [-0.2, -0.15) is 0 Å². The van der Waals surface area contributed by atoms with Crippen LogP contribution in [0.15, 0.2) is 72.8 Å². The van der Waals surface area contributed by atoms with Crippen molar-refractivity contribution in [3.8, 4) is 0 Å². The Kier molecular flexibility index (Phi) is 10.1. The third-order valence-electron chi connectivity index (χ3n) is 10.3. The third kappa shape index (κ3) is 6.23. The summed E-state index contributed by atoms with van der Waals surface area (Å²) in [6, 6.07) is 23.4. The van der Waals surface area contributed by atoms with Gasteiger partial charge in [0.2, 0.25) is 11.8 Å². The standard InChI is InChI=1S/C40H47NO4/c1-2-3-4-5-6-7-8-9-10-11-12-13-20-27-45-40(44)32-25-18-19-26-33(32)41-38(42)36-34-28-21-14-15-22-29(28)35(37(36)39(41)43)31-24-17-16-23-30(31)34/h14-19,21-26,34-37H,2-13,20,27H2,1H3/t34?,35?,36-,37-/m0/s1. The van der Waals surface area contributed by atoms with Crippen LogP contribution in [0, 0.1) is 11.8 Å². The third-order valence-corrected chi connectivity index (χ3v) is 10.3. The molecule has 1 fully saturated rings. The Morgan fingerprint density at radius 2 is 0.978 bits per heavy atom. The van der Waals surface area contributed by atoms with Crippen LogP contribution in [0.1, 0.15) is 135 Å². The first-order valence-electron chi connectivity index (χ1n) is 17.4. The number of carbonyl (C=O) groups is 3. The lowest BCUT2D eigenvalue weighted by molar-refractivity contribution is -0.122. The zero-order chi connectivity index (χ0) is 31.2. The predicted octanol–water partition coefficient (Wildman–Crippen LogP) is 9.33. The number of para-hydroxylation sites is 1. The Labute approximate surface area is 268 Å². The summed E-state index contributed by atoms with van der Waals surface area (Å²) >= 11 is 0.